The van der Waals surface area contributed by atoms with E-state index in [-0.39, 0.29) is 11.3 Å². The van der Waals surface area contributed by atoms with Gasteiger partial charge in [0, 0.05) is 13.1 Å². The molecule has 0 unspecified atom stereocenters. The molecule has 0 bridgehead atoms. The molecule has 1 rings (SSSR count). The Balaban J connectivity index is 2.26. The van der Waals surface area contributed by atoms with E-state index < -0.39 is 0 Å². The summed E-state index contributed by atoms with van der Waals surface area (Å²) in [6, 6.07) is 0. The van der Waals surface area contributed by atoms with Crippen LogP contribution in [0.1, 0.15) is 33.6 Å². The van der Waals surface area contributed by atoms with Crippen LogP contribution in [0.4, 0.5) is 0 Å². The third kappa shape index (κ3) is 6.03. The zero-order valence-electron chi connectivity index (χ0n) is 11.5. The predicted octanol–water partition coefficient (Wildman–Crippen LogP) is 0.819. The molecule has 17 heavy (non-hydrogen) atoms. The summed E-state index contributed by atoms with van der Waals surface area (Å²) in [6.07, 6.45) is 2.55. The van der Waals surface area contributed by atoms with Gasteiger partial charge in [-0.1, -0.05) is 20.8 Å². The largest absolute Gasteiger partial charge is 0.355 e. The maximum Gasteiger partial charge on any atom is 0.234 e. The zero-order valence-corrected chi connectivity index (χ0v) is 11.5. The molecule has 1 amide bonds. The number of nitrogens with two attached hydrogens (primary N) is 1. The first-order valence-corrected chi connectivity index (χ1v) is 6.66. The summed E-state index contributed by atoms with van der Waals surface area (Å²) in [7, 11) is 0. The molecule has 0 aliphatic heterocycles. The van der Waals surface area contributed by atoms with Crippen molar-refractivity contribution >= 4 is 5.91 Å². The van der Waals surface area contributed by atoms with Crippen molar-refractivity contribution in [1.29, 1.82) is 0 Å². The lowest BCUT2D eigenvalue weighted by Crippen LogP contribution is -2.44. The van der Waals surface area contributed by atoms with E-state index in [1.54, 1.807) is 0 Å². The first-order valence-electron chi connectivity index (χ1n) is 6.66. The van der Waals surface area contributed by atoms with Crippen LogP contribution in [-0.4, -0.2) is 43.5 Å². The fourth-order valence-electron chi connectivity index (χ4n) is 1.79. The smallest absolute Gasteiger partial charge is 0.234 e. The van der Waals surface area contributed by atoms with Crippen molar-refractivity contribution < 1.29 is 4.79 Å². The van der Waals surface area contributed by atoms with E-state index in [1.807, 2.05) is 0 Å². The lowest BCUT2D eigenvalue weighted by atomic mass is 9.93. The van der Waals surface area contributed by atoms with E-state index >= 15 is 0 Å². The summed E-state index contributed by atoms with van der Waals surface area (Å²) in [4.78, 5) is 13.9. The quantitative estimate of drug-likeness (QED) is 0.661. The molecular formula is C13H27N3O. The van der Waals surface area contributed by atoms with E-state index in [0.717, 1.165) is 25.6 Å². The van der Waals surface area contributed by atoms with Gasteiger partial charge in [0.25, 0.3) is 0 Å². The number of hydrogen-bond donors (Lipinski definition) is 2. The first kappa shape index (κ1) is 14.5. The zero-order chi connectivity index (χ0) is 12.9. The van der Waals surface area contributed by atoms with Crippen molar-refractivity contribution in [3.63, 3.8) is 0 Å². The van der Waals surface area contributed by atoms with Crippen molar-refractivity contribution in [2.45, 2.75) is 33.6 Å². The molecule has 1 fully saturated rings. The van der Waals surface area contributed by atoms with Crippen molar-refractivity contribution in [3.05, 3.63) is 0 Å². The molecular weight excluding hydrogens is 214 g/mol. The molecule has 0 aromatic rings. The SMILES string of the molecule is CCN(CC(=O)NCC1CC1)CC(C)(C)CN. The molecule has 1 aliphatic rings. The number of carbonyl (C=O) groups excluding carboxylic acids is 1. The van der Waals surface area contributed by atoms with Crippen molar-refractivity contribution in [2.24, 2.45) is 17.1 Å². The summed E-state index contributed by atoms with van der Waals surface area (Å²) in [5, 5.41) is 3.00. The second-order valence-corrected chi connectivity index (χ2v) is 5.92. The Hall–Kier alpha value is -0.610. The van der Waals surface area contributed by atoms with E-state index in [1.165, 1.54) is 12.8 Å². The number of nitrogens with one attached hydrogen (secondary N) is 1. The van der Waals surface area contributed by atoms with Crippen molar-refractivity contribution in [1.82, 2.24) is 10.2 Å². The van der Waals surface area contributed by atoms with E-state index in [2.05, 4.69) is 31.0 Å². The molecule has 1 aliphatic carbocycles. The number of amides is 1. The van der Waals surface area contributed by atoms with Gasteiger partial charge in [-0.05, 0) is 37.3 Å². The maximum atomic E-state index is 11.7. The topological polar surface area (TPSA) is 58.4 Å². The highest BCUT2D eigenvalue weighted by molar-refractivity contribution is 5.78. The first-order chi connectivity index (χ1) is 7.96. The average molecular weight is 241 g/mol. The van der Waals surface area contributed by atoms with Gasteiger partial charge in [0.05, 0.1) is 6.54 Å². The highest BCUT2D eigenvalue weighted by Crippen LogP contribution is 2.27. The predicted molar refractivity (Wildman–Crippen MR) is 70.7 cm³/mol. The van der Waals surface area contributed by atoms with Crippen molar-refractivity contribution in [2.75, 3.05) is 32.7 Å². The van der Waals surface area contributed by atoms with E-state index in [0.29, 0.717) is 13.1 Å². The van der Waals surface area contributed by atoms with E-state index in [4.69, 9.17) is 5.73 Å². The Bertz CT molecular complexity index is 249. The molecule has 0 radical (unpaired) electrons. The Labute approximate surface area is 105 Å². The third-order valence-electron chi connectivity index (χ3n) is 3.30. The van der Waals surface area contributed by atoms with Crippen LogP contribution in [0.2, 0.25) is 0 Å². The van der Waals surface area contributed by atoms with Crippen LogP contribution in [0.5, 0.6) is 0 Å². The molecule has 4 heteroatoms. The van der Waals surface area contributed by atoms with Gasteiger partial charge in [0.2, 0.25) is 5.91 Å². The minimum absolute atomic E-state index is 0.0762. The lowest BCUT2D eigenvalue weighted by molar-refractivity contribution is -0.122. The summed E-state index contributed by atoms with van der Waals surface area (Å²) in [6.45, 7) is 10.1. The Kier molecular flexibility index (Phi) is 5.40. The van der Waals surface area contributed by atoms with E-state index in [9.17, 15) is 4.79 Å². The van der Waals surface area contributed by atoms with Crippen LogP contribution >= 0.6 is 0 Å². The third-order valence-corrected chi connectivity index (χ3v) is 3.30. The Morgan fingerprint density at radius 3 is 2.59 bits per heavy atom. The fraction of sp³-hybridized carbons (Fsp3) is 0.923. The number of carbonyl (C=O) groups is 1. The van der Waals surface area contributed by atoms with Crippen LogP contribution in [0.25, 0.3) is 0 Å². The maximum absolute atomic E-state index is 11.7. The van der Waals surface area contributed by atoms with Gasteiger partial charge in [-0.25, -0.2) is 0 Å². The fourth-order valence-corrected chi connectivity index (χ4v) is 1.79. The minimum Gasteiger partial charge on any atom is -0.355 e. The minimum atomic E-state index is 0.0762. The van der Waals surface area contributed by atoms with Gasteiger partial charge >= 0.3 is 0 Å². The number of likely N-dealkylation sites (N-methyl/N-ethyl adjacent to an activating group) is 1. The molecule has 100 valence electrons. The van der Waals surface area contributed by atoms with Crippen LogP contribution in [0.15, 0.2) is 0 Å². The highest BCUT2D eigenvalue weighted by atomic mass is 16.2. The van der Waals surface area contributed by atoms with Gasteiger partial charge in [0.1, 0.15) is 0 Å². The second kappa shape index (κ2) is 6.36. The van der Waals surface area contributed by atoms with Gasteiger partial charge < -0.3 is 11.1 Å². The molecule has 0 aromatic heterocycles. The lowest BCUT2D eigenvalue weighted by Gasteiger charge is -2.30. The number of rotatable bonds is 8. The summed E-state index contributed by atoms with van der Waals surface area (Å²) in [5.41, 5.74) is 5.80. The highest BCUT2D eigenvalue weighted by Gasteiger charge is 2.23. The normalized spacial score (nSPS) is 16.3. The van der Waals surface area contributed by atoms with Crippen molar-refractivity contribution in [3.8, 4) is 0 Å². The monoisotopic (exact) mass is 241 g/mol. The molecule has 4 nitrogen and oxygen atoms in total. The van der Waals surface area contributed by atoms with Gasteiger partial charge in [0.15, 0.2) is 0 Å². The number of nitrogens with zero attached hydrogens (tertiary/aromatic N) is 1. The number of hydrogen-bond acceptors (Lipinski definition) is 3. The molecule has 0 heterocycles. The Morgan fingerprint density at radius 2 is 2.12 bits per heavy atom. The standard InChI is InChI=1S/C13H27N3O/c1-4-16(10-13(2,3)9-14)8-12(17)15-7-11-5-6-11/h11H,4-10,14H2,1-3H3,(H,15,17). The molecule has 0 atom stereocenters. The van der Waals surface area contributed by atoms with Gasteiger partial charge in [-0.3, -0.25) is 9.69 Å². The summed E-state index contributed by atoms with van der Waals surface area (Å²) >= 11 is 0. The van der Waals surface area contributed by atoms with Gasteiger partial charge in [-0.15, -0.1) is 0 Å². The summed E-state index contributed by atoms with van der Waals surface area (Å²) in [5.74, 6) is 0.890. The molecule has 3 N–H and O–H groups in total. The molecule has 0 aromatic carbocycles. The second-order valence-electron chi connectivity index (χ2n) is 5.92. The molecule has 1 saturated carbocycles. The molecule has 0 spiro atoms. The average Bonchev–Trinajstić information content (AvgIpc) is 3.09. The van der Waals surface area contributed by atoms with Crippen LogP contribution in [-0.2, 0) is 4.79 Å². The van der Waals surface area contributed by atoms with Crippen LogP contribution in [0, 0.1) is 11.3 Å². The molecule has 0 saturated heterocycles. The summed E-state index contributed by atoms with van der Waals surface area (Å²) < 4.78 is 0. The van der Waals surface area contributed by atoms with Crippen LogP contribution in [0.3, 0.4) is 0 Å². The van der Waals surface area contributed by atoms with Gasteiger partial charge in [-0.2, -0.15) is 0 Å². The Morgan fingerprint density at radius 1 is 1.47 bits per heavy atom. The van der Waals surface area contributed by atoms with Crippen LogP contribution < -0.4 is 11.1 Å².